The summed E-state index contributed by atoms with van der Waals surface area (Å²) >= 11 is 0. The van der Waals surface area contributed by atoms with Crippen molar-refractivity contribution in [3.63, 3.8) is 0 Å². The lowest BCUT2D eigenvalue weighted by molar-refractivity contribution is -0.133. The number of ether oxygens (including phenoxy) is 4. The van der Waals surface area contributed by atoms with E-state index in [0.29, 0.717) is 43.2 Å². The van der Waals surface area contributed by atoms with Gasteiger partial charge in [0.1, 0.15) is 17.0 Å². The Labute approximate surface area is 206 Å². The molecule has 3 rings (SSSR count). The molecule has 0 radical (unpaired) electrons. The van der Waals surface area contributed by atoms with Crippen LogP contribution in [0.2, 0.25) is 0 Å². The van der Waals surface area contributed by atoms with Crippen molar-refractivity contribution in [1.82, 2.24) is 5.32 Å². The molecule has 1 unspecified atom stereocenters. The Morgan fingerprint density at radius 2 is 1.89 bits per heavy atom. The molecule has 1 fully saturated rings. The summed E-state index contributed by atoms with van der Waals surface area (Å²) in [7, 11) is 4.74. The van der Waals surface area contributed by atoms with E-state index in [0.717, 1.165) is 11.1 Å². The molecule has 1 N–H and O–H groups in total. The minimum Gasteiger partial charge on any atom is -0.497 e. The third kappa shape index (κ3) is 5.59. The number of carbonyl (C=O) groups is 2. The number of carbonyl (C=O) groups excluding carboxylic acids is 2. The van der Waals surface area contributed by atoms with E-state index in [1.54, 1.807) is 39.5 Å². The predicted molar refractivity (Wildman–Crippen MR) is 132 cm³/mol. The third-order valence-electron chi connectivity index (χ3n) is 6.38. The lowest BCUT2D eigenvalue weighted by Crippen LogP contribution is -2.63. The van der Waals surface area contributed by atoms with Crippen molar-refractivity contribution in [3.05, 3.63) is 53.6 Å². The first-order chi connectivity index (χ1) is 16.9. The van der Waals surface area contributed by atoms with E-state index in [9.17, 15) is 9.59 Å². The lowest BCUT2D eigenvalue weighted by Gasteiger charge is -2.44. The van der Waals surface area contributed by atoms with Crippen LogP contribution in [0, 0.1) is 12.3 Å². The molecule has 1 heterocycles. The number of hydrogen-bond acceptors (Lipinski definition) is 6. The van der Waals surface area contributed by atoms with Gasteiger partial charge in [0, 0.05) is 57.0 Å². The van der Waals surface area contributed by atoms with Crippen molar-refractivity contribution in [2.75, 3.05) is 39.4 Å². The normalized spacial score (nSPS) is 15.4. The van der Waals surface area contributed by atoms with Crippen LogP contribution in [0.4, 0.5) is 5.69 Å². The molecule has 0 bridgehead atoms. The Balaban J connectivity index is 1.98. The van der Waals surface area contributed by atoms with Gasteiger partial charge in [-0.1, -0.05) is 12.1 Å². The second kappa shape index (κ2) is 11.7. The van der Waals surface area contributed by atoms with Gasteiger partial charge in [-0.3, -0.25) is 14.5 Å². The van der Waals surface area contributed by atoms with E-state index in [2.05, 4.69) is 11.2 Å². The van der Waals surface area contributed by atoms with Crippen molar-refractivity contribution in [3.8, 4) is 23.8 Å². The minimum absolute atomic E-state index is 0.195. The van der Waals surface area contributed by atoms with Gasteiger partial charge in [0.2, 0.25) is 5.91 Å². The van der Waals surface area contributed by atoms with Gasteiger partial charge in [0.25, 0.3) is 0 Å². The van der Waals surface area contributed by atoms with E-state index in [-0.39, 0.29) is 18.6 Å². The van der Waals surface area contributed by atoms with Gasteiger partial charge in [-0.25, -0.2) is 0 Å². The van der Waals surface area contributed by atoms with Gasteiger partial charge in [-0.15, -0.1) is 6.42 Å². The quantitative estimate of drug-likeness (QED) is 0.555. The van der Waals surface area contributed by atoms with Gasteiger partial charge in [0.05, 0.1) is 20.3 Å². The third-order valence-corrected chi connectivity index (χ3v) is 6.38. The number of rotatable bonds is 9. The molecule has 0 aliphatic carbocycles. The predicted octanol–water partition coefficient (Wildman–Crippen LogP) is 3.24. The Bertz CT molecular complexity index is 1090. The first-order valence-corrected chi connectivity index (χ1v) is 11.4. The Kier molecular flexibility index (Phi) is 8.74. The molecule has 0 saturated carbocycles. The molecule has 2 aromatic carbocycles. The number of methoxy groups -OCH3 is 3. The van der Waals surface area contributed by atoms with Crippen LogP contribution in [-0.4, -0.2) is 51.9 Å². The zero-order valence-corrected chi connectivity index (χ0v) is 20.6. The first-order valence-electron chi connectivity index (χ1n) is 11.4. The summed E-state index contributed by atoms with van der Waals surface area (Å²) in [5.74, 6) is 2.54. The molecular formula is C27H32N2O6. The fraction of sp³-hybridized carbons (Fsp3) is 0.407. The van der Waals surface area contributed by atoms with Crippen LogP contribution in [0.1, 0.15) is 37.0 Å². The van der Waals surface area contributed by atoms with Gasteiger partial charge in [0.15, 0.2) is 0 Å². The number of hydrogen-bond donors (Lipinski definition) is 1. The van der Waals surface area contributed by atoms with Crippen LogP contribution >= 0.6 is 0 Å². The number of nitrogens with zero attached hydrogens (tertiary/aromatic N) is 1. The molecule has 8 heteroatoms. The summed E-state index contributed by atoms with van der Waals surface area (Å²) in [5.41, 5.74) is 0.963. The molecule has 0 aromatic heterocycles. The van der Waals surface area contributed by atoms with Crippen molar-refractivity contribution in [2.24, 2.45) is 0 Å². The number of amides is 2. The van der Waals surface area contributed by atoms with Crippen LogP contribution in [0.15, 0.2) is 42.5 Å². The summed E-state index contributed by atoms with van der Waals surface area (Å²) in [6.45, 7) is 2.75. The van der Waals surface area contributed by atoms with Crippen LogP contribution in [0.25, 0.3) is 0 Å². The molecule has 2 aromatic rings. The SMILES string of the molecule is C#CC(=O)N(c1cccc(C(C)OC)c1)C1(C(=O)NCc2ccc(OC)cc2OC)CCOCC1. The zero-order valence-electron chi connectivity index (χ0n) is 20.6. The molecule has 186 valence electrons. The smallest absolute Gasteiger partial charge is 0.303 e. The second-order valence-electron chi connectivity index (χ2n) is 8.26. The molecule has 1 atom stereocenters. The number of terminal acetylenes is 1. The molecule has 8 nitrogen and oxygen atoms in total. The van der Waals surface area contributed by atoms with E-state index in [4.69, 9.17) is 25.4 Å². The largest absolute Gasteiger partial charge is 0.497 e. The zero-order chi connectivity index (χ0) is 25.4. The van der Waals surface area contributed by atoms with Gasteiger partial charge in [-0.2, -0.15) is 0 Å². The van der Waals surface area contributed by atoms with E-state index in [1.165, 1.54) is 4.90 Å². The highest BCUT2D eigenvalue weighted by atomic mass is 16.5. The Morgan fingerprint density at radius 3 is 2.51 bits per heavy atom. The maximum atomic E-state index is 13.8. The summed E-state index contributed by atoms with van der Waals surface area (Å²) in [6, 6.07) is 12.7. The van der Waals surface area contributed by atoms with Crippen molar-refractivity contribution in [2.45, 2.75) is 38.0 Å². The maximum absolute atomic E-state index is 13.8. The molecule has 1 aliphatic heterocycles. The summed E-state index contributed by atoms with van der Waals surface area (Å²) in [6.07, 6.45) is 5.98. The first kappa shape index (κ1) is 26.1. The van der Waals surface area contributed by atoms with Gasteiger partial charge < -0.3 is 24.3 Å². The standard InChI is InChI=1S/C27H32N2O6/c1-6-25(30)29(22-9-7-8-20(16-22)19(2)32-3)27(12-14-35-15-13-27)26(31)28-18-21-10-11-23(33-4)17-24(21)34-5/h1,7-11,16-17,19H,12-15,18H2,2-5H3,(H,28,31). The van der Waals surface area contributed by atoms with Crippen LogP contribution < -0.4 is 19.7 Å². The van der Waals surface area contributed by atoms with Crippen LogP contribution in [-0.2, 0) is 25.6 Å². The highest BCUT2D eigenvalue weighted by Crippen LogP contribution is 2.35. The second-order valence-corrected chi connectivity index (χ2v) is 8.26. The van der Waals surface area contributed by atoms with Crippen molar-refractivity contribution in [1.29, 1.82) is 0 Å². The molecule has 1 aliphatic rings. The number of nitrogens with one attached hydrogen (secondary N) is 1. The number of anilines is 1. The van der Waals surface area contributed by atoms with E-state index < -0.39 is 11.4 Å². The minimum atomic E-state index is -1.21. The van der Waals surface area contributed by atoms with Crippen LogP contribution in [0.5, 0.6) is 11.5 Å². The molecule has 1 saturated heterocycles. The topological polar surface area (TPSA) is 86.3 Å². The van der Waals surface area contributed by atoms with E-state index >= 15 is 0 Å². The fourth-order valence-electron chi connectivity index (χ4n) is 4.28. The summed E-state index contributed by atoms with van der Waals surface area (Å²) in [5, 5.41) is 3.00. The average molecular weight is 481 g/mol. The van der Waals surface area contributed by atoms with Crippen LogP contribution in [0.3, 0.4) is 0 Å². The van der Waals surface area contributed by atoms with E-state index in [1.807, 2.05) is 31.2 Å². The Hall–Kier alpha value is -3.54. The lowest BCUT2D eigenvalue weighted by atomic mass is 9.85. The molecule has 35 heavy (non-hydrogen) atoms. The number of benzene rings is 2. The molecular weight excluding hydrogens is 448 g/mol. The van der Waals surface area contributed by atoms with Crippen molar-refractivity contribution >= 4 is 17.5 Å². The highest BCUT2D eigenvalue weighted by Gasteiger charge is 2.48. The van der Waals surface area contributed by atoms with Gasteiger partial charge in [-0.05, 0) is 42.7 Å². The maximum Gasteiger partial charge on any atom is 0.303 e. The monoisotopic (exact) mass is 480 g/mol. The highest BCUT2D eigenvalue weighted by molar-refractivity contribution is 6.11. The molecule has 0 spiro atoms. The average Bonchev–Trinajstić information content (AvgIpc) is 2.91. The fourth-order valence-corrected chi connectivity index (χ4v) is 4.28. The van der Waals surface area contributed by atoms with Gasteiger partial charge >= 0.3 is 5.91 Å². The molecule has 2 amide bonds. The van der Waals surface area contributed by atoms with Crippen molar-refractivity contribution < 1.29 is 28.5 Å². The summed E-state index contributed by atoms with van der Waals surface area (Å²) < 4.78 is 21.7. The summed E-state index contributed by atoms with van der Waals surface area (Å²) in [4.78, 5) is 28.4. The Morgan fingerprint density at radius 1 is 1.14 bits per heavy atom.